The standard InChI is InChI=1S/C25H34N4O4S/c1-14(17-6-8-18(9-7-17)21-15(2)27-13-34-21)28-23(32)19-10-16(11-20(30)31)12-29(19)24(33)22(26)25(3,4)5/h6-9,13-14,16,19,22H,10-12,26H2,1-5H3,(H,28,32)(H,30,31)/t14-,16+,19-,22+/m0/s1. The second-order valence-electron chi connectivity index (χ2n) is 10.2. The Labute approximate surface area is 204 Å². The van der Waals surface area contributed by atoms with Crippen LogP contribution in [0, 0.1) is 18.3 Å². The quantitative estimate of drug-likeness (QED) is 0.551. The minimum absolute atomic E-state index is 0.0909. The van der Waals surface area contributed by atoms with Gasteiger partial charge in [-0.3, -0.25) is 14.4 Å². The monoisotopic (exact) mass is 486 g/mol. The van der Waals surface area contributed by atoms with Crippen LogP contribution in [0.2, 0.25) is 0 Å². The normalized spacial score (nSPS) is 20.1. The van der Waals surface area contributed by atoms with Crippen molar-refractivity contribution in [3.8, 4) is 10.4 Å². The van der Waals surface area contributed by atoms with Crippen molar-refractivity contribution in [1.82, 2.24) is 15.2 Å². The fraction of sp³-hybridized carbons (Fsp3) is 0.520. The average Bonchev–Trinajstić information content (AvgIpc) is 3.37. The van der Waals surface area contributed by atoms with Gasteiger partial charge in [-0.1, -0.05) is 45.0 Å². The van der Waals surface area contributed by atoms with Gasteiger partial charge in [0.1, 0.15) is 6.04 Å². The van der Waals surface area contributed by atoms with Crippen molar-refractivity contribution in [3.63, 3.8) is 0 Å². The lowest BCUT2D eigenvalue weighted by Gasteiger charge is -2.33. The molecular weight excluding hydrogens is 452 g/mol. The summed E-state index contributed by atoms with van der Waals surface area (Å²) in [4.78, 5) is 44.5. The Bertz CT molecular complexity index is 1040. The first kappa shape index (κ1) is 25.8. The SMILES string of the molecule is Cc1ncsc1-c1ccc([C@H](C)NC(=O)[C@@H]2C[C@H](CC(=O)O)CN2C(=O)[C@@H](N)C(C)(C)C)cc1. The highest BCUT2D eigenvalue weighted by Gasteiger charge is 2.43. The molecule has 0 saturated carbocycles. The highest BCUT2D eigenvalue weighted by molar-refractivity contribution is 7.13. The Hall–Kier alpha value is -2.78. The van der Waals surface area contributed by atoms with Crippen LogP contribution in [0.25, 0.3) is 10.4 Å². The fourth-order valence-electron chi connectivity index (χ4n) is 4.25. The summed E-state index contributed by atoms with van der Waals surface area (Å²) in [5, 5.41) is 12.2. The van der Waals surface area contributed by atoms with Crippen LogP contribution < -0.4 is 11.1 Å². The molecule has 0 radical (unpaired) electrons. The van der Waals surface area contributed by atoms with Gasteiger partial charge in [0.05, 0.1) is 28.2 Å². The van der Waals surface area contributed by atoms with Gasteiger partial charge in [-0.15, -0.1) is 11.3 Å². The Kier molecular flexibility index (Phi) is 7.77. The molecule has 1 aliphatic heterocycles. The van der Waals surface area contributed by atoms with E-state index in [2.05, 4.69) is 10.3 Å². The average molecular weight is 487 g/mol. The molecule has 2 heterocycles. The number of nitrogens with two attached hydrogens (primary N) is 1. The molecule has 4 atom stereocenters. The van der Waals surface area contributed by atoms with E-state index in [4.69, 9.17) is 5.73 Å². The van der Waals surface area contributed by atoms with Crippen molar-refractivity contribution in [1.29, 1.82) is 0 Å². The van der Waals surface area contributed by atoms with Crippen LogP contribution in [-0.4, -0.2) is 51.4 Å². The smallest absolute Gasteiger partial charge is 0.303 e. The van der Waals surface area contributed by atoms with Gasteiger partial charge >= 0.3 is 5.97 Å². The number of aryl methyl sites for hydroxylation is 1. The maximum absolute atomic E-state index is 13.2. The van der Waals surface area contributed by atoms with Crippen LogP contribution in [-0.2, 0) is 14.4 Å². The molecule has 184 valence electrons. The van der Waals surface area contributed by atoms with Crippen molar-refractivity contribution in [2.24, 2.45) is 17.1 Å². The molecule has 1 aliphatic rings. The Morgan fingerprint density at radius 3 is 2.44 bits per heavy atom. The van der Waals surface area contributed by atoms with E-state index in [0.717, 1.165) is 21.7 Å². The van der Waals surface area contributed by atoms with E-state index in [-0.39, 0.29) is 36.7 Å². The van der Waals surface area contributed by atoms with Crippen molar-refractivity contribution >= 4 is 29.1 Å². The lowest BCUT2D eigenvalue weighted by molar-refractivity contribution is -0.141. The zero-order chi connectivity index (χ0) is 25.2. The van der Waals surface area contributed by atoms with E-state index in [1.165, 1.54) is 4.90 Å². The third-order valence-corrected chi connectivity index (χ3v) is 7.39. The number of nitrogens with one attached hydrogen (secondary N) is 1. The Balaban J connectivity index is 1.74. The molecule has 0 unspecified atom stereocenters. The van der Waals surface area contributed by atoms with Crippen LogP contribution in [0.1, 0.15) is 57.8 Å². The minimum Gasteiger partial charge on any atom is -0.481 e. The van der Waals surface area contributed by atoms with Gasteiger partial charge in [0, 0.05) is 13.0 Å². The number of hydrogen-bond donors (Lipinski definition) is 3. The van der Waals surface area contributed by atoms with Gasteiger partial charge in [-0.05, 0) is 42.7 Å². The van der Waals surface area contributed by atoms with Crippen molar-refractivity contribution in [2.75, 3.05) is 6.54 Å². The van der Waals surface area contributed by atoms with Crippen LogP contribution in [0.5, 0.6) is 0 Å². The van der Waals surface area contributed by atoms with Crippen LogP contribution in [0.3, 0.4) is 0 Å². The second kappa shape index (κ2) is 10.2. The molecule has 34 heavy (non-hydrogen) atoms. The summed E-state index contributed by atoms with van der Waals surface area (Å²) in [7, 11) is 0. The Morgan fingerprint density at radius 1 is 1.26 bits per heavy atom. The largest absolute Gasteiger partial charge is 0.481 e. The Morgan fingerprint density at radius 2 is 1.91 bits per heavy atom. The van der Waals surface area contributed by atoms with E-state index >= 15 is 0 Å². The van der Waals surface area contributed by atoms with Gasteiger partial charge in [-0.25, -0.2) is 4.98 Å². The van der Waals surface area contributed by atoms with E-state index in [9.17, 15) is 19.5 Å². The van der Waals surface area contributed by atoms with Gasteiger partial charge < -0.3 is 21.1 Å². The van der Waals surface area contributed by atoms with Crippen LogP contribution in [0.4, 0.5) is 0 Å². The molecule has 2 amide bonds. The van der Waals surface area contributed by atoms with E-state index in [1.807, 2.05) is 64.4 Å². The van der Waals surface area contributed by atoms with Gasteiger partial charge in [0.25, 0.3) is 0 Å². The van der Waals surface area contributed by atoms with Gasteiger partial charge in [0.2, 0.25) is 11.8 Å². The molecule has 0 bridgehead atoms. The van der Waals surface area contributed by atoms with Gasteiger partial charge in [-0.2, -0.15) is 0 Å². The van der Waals surface area contributed by atoms with E-state index < -0.39 is 23.5 Å². The molecule has 9 heteroatoms. The number of benzene rings is 1. The highest BCUT2D eigenvalue weighted by atomic mass is 32.1. The molecule has 0 spiro atoms. The second-order valence-corrected chi connectivity index (χ2v) is 11.0. The summed E-state index contributed by atoms with van der Waals surface area (Å²) in [6.07, 6.45) is 0.212. The lowest BCUT2D eigenvalue weighted by atomic mass is 9.86. The summed E-state index contributed by atoms with van der Waals surface area (Å²) >= 11 is 1.59. The zero-order valence-electron chi connectivity index (χ0n) is 20.4. The van der Waals surface area contributed by atoms with E-state index in [1.54, 1.807) is 11.3 Å². The number of rotatable bonds is 7. The molecular formula is C25H34N4O4S. The van der Waals surface area contributed by atoms with E-state index in [0.29, 0.717) is 6.42 Å². The molecule has 2 aromatic rings. The first-order valence-electron chi connectivity index (χ1n) is 11.5. The molecule has 1 aromatic carbocycles. The number of carbonyl (C=O) groups excluding carboxylic acids is 2. The first-order chi connectivity index (χ1) is 15.9. The number of carboxylic acid groups (broad SMARTS) is 1. The predicted octanol–water partition coefficient (Wildman–Crippen LogP) is 3.36. The number of aliphatic carboxylic acids is 1. The number of amides is 2. The number of aromatic nitrogens is 1. The number of thiazole rings is 1. The van der Waals surface area contributed by atoms with Crippen molar-refractivity contribution in [3.05, 3.63) is 41.0 Å². The maximum Gasteiger partial charge on any atom is 0.303 e. The lowest BCUT2D eigenvalue weighted by Crippen LogP contribution is -2.55. The summed E-state index contributed by atoms with van der Waals surface area (Å²) in [5.74, 6) is -1.85. The number of carbonyl (C=O) groups is 3. The summed E-state index contributed by atoms with van der Waals surface area (Å²) in [6, 6.07) is 6.15. The number of likely N-dealkylation sites (tertiary alicyclic amines) is 1. The first-order valence-corrected chi connectivity index (χ1v) is 12.3. The molecule has 4 N–H and O–H groups in total. The molecule has 3 rings (SSSR count). The predicted molar refractivity (Wildman–Crippen MR) is 132 cm³/mol. The number of nitrogens with zero attached hydrogens (tertiary/aromatic N) is 2. The molecule has 8 nitrogen and oxygen atoms in total. The molecule has 1 fully saturated rings. The third kappa shape index (κ3) is 5.82. The number of carboxylic acids is 1. The highest BCUT2D eigenvalue weighted by Crippen LogP contribution is 2.31. The van der Waals surface area contributed by atoms with Crippen LogP contribution >= 0.6 is 11.3 Å². The van der Waals surface area contributed by atoms with Crippen molar-refractivity contribution < 1.29 is 19.5 Å². The third-order valence-electron chi connectivity index (χ3n) is 6.41. The summed E-state index contributed by atoms with van der Waals surface area (Å²) in [6.45, 7) is 9.69. The fourth-order valence-corrected chi connectivity index (χ4v) is 5.07. The number of hydrogen-bond acceptors (Lipinski definition) is 6. The minimum atomic E-state index is -0.941. The summed E-state index contributed by atoms with van der Waals surface area (Å²) in [5.41, 5.74) is 10.5. The summed E-state index contributed by atoms with van der Waals surface area (Å²) < 4.78 is 0. The maximum atomic E-state index is 13.2. The molecule has 1 saturated heterocycles. The molecule has 1 aromatic heterocycles. The molecule has 0 aliphatic carbocycles. The topological polar surface area (TPSA) is 126 Å². The van der Waals surface area contributed by atoms with Crippen LogP contribution in [0.15, 0.2) is 29.8 Å². The van der Waals surface area contributed by atoms with Gasteiger partial charge in [0.15, 0.2) is 0 Å². The van der Waals surface area contributed by atoms with Crippen molar-refractivity contribution in [2.45, 2.75) is 65.6 Å². The zero-order valence-corrected chi connectivity index (χ0v) is 21.2.